The Morgan fingerprint density at radius 3 is 2.39 bits per heavy atom. The minimum atomic E-state index is -0.405. The van der Waals surface area contributed by atoms with Crippen LogP contribution in [0.15, 0.2) is 0 Å². The molecule has 1 aliphatic carbocycles. The van der Waals surface area contributed by atoms with Crippen LogP contribution in [0.5, 0.6) is 0 Å². The van der Waals surface area contributed by atoms with Crippen molar-refractivity contribution in [2.24, 2.45) is 17.8 Å². The normalized spacial score (nSPS) is 38.0. The van der Waals surface area contributed by atoms with Crippen molar-refractivity contribution in [2.75, 3.05) is 26.2 Å². The van der Waals surface area contributed by atoms with Crippen molar-refractivity contribution in [2.45, 2.75) is 78.3 Å². The largest absolute Gasteiger partial charge is 0.389 e. The fourth-order valence-electron chi connectivity index (χ4n) is 4.33. The minimum absolute atomic E-state index is 0.247. The summed E-state index contributed by atoms with van der Waals surface area (Å²) in [7, 11) is 0. The highest BCUT2D eigenvalue weighted by Crippen LogP contribution is 2.35. The highest BCUT2D eigenvalue weighted by Gasteiger charge is 2.32. The molecular weight excluding hydrogens is 290 g/mol. The second-order valence-corrected chi connectivity index (χ2v) is 8.33. The monoisotopic (exact) mass is 327 g/mol. The van der Waals surface area contributed by atoms with Crippen LogP contribution in [0.4, 0.5) is 0 Å². The molecule has 0 unspecified atom stereocenters. The first-order valence-electron chi connectivity index (χ1n) is 9.52. The molecule has 0 aromatic carbocycles. The van der Waals surface area contributed by atoms with Crippen molar-refractivity contribution in [3.05, 3.63) is 0 Å². The van der Waals surface area contributed by atoms with E-state index in [1.54, 1.807) is 0 Å². The Kier molecular flexibility index (Phi) is 7.33. The lowest BCUT2D eigenvalue weighted by molar-refractivity contribution is -0.0974. The second-order valence-electron chi connectivity index (χ2n) is 8.33. The molecule has 0 bridgehead atoms. The lowest BCUT2D eigenvalue weighted by Gasteiger charge is -2.38. The van der Waals surface area contributed by atoms with Crippen LogP contribution in [-0.2, 0) is 9.47 Å². The molecule has 2 rings (SSSR count). The summed E-state index contributed by atoms with van der Waals surface area (Å²) in [5.41, 5.74) is 0. The Hall–Kier alpha value is -0.160. The van der Waals surface area contributed by atoms with E-state index >= 15 is 0 Å². The number of morpholine rings is 1. The first-order valence-corrected chi connectivity index (χ1v) is 9.52. The highest BCUT2D eigenvalue weighted by molar-refractivity contribution is 4.82. The Labute approximate surface area is 142 Å². The Bertz CT molecular complexity index is 340. The van der Waals surface area contributed by atoms with Gasteiger partial charge in [-0.15, -0.1) is 0 Å². The third-order valence-corrected chi connectivity index (χ3v) is 5.43. The molecular formula is C19H37NO3. The predicted octanol–water partition coefficient (Wildman–Crippen LogP) is 2.93. The van der Waals surface area contributed by atoms with Crippen molar-refractivity contribution in [3.8, 4) is 0 Å². The maximum atomic E-state index is 10.4. The van der Waals surface area contributed by atoms with Gasteiger partial charge in [-0.25, -0.2) is 0 Å². The van der Waals surface area contributed by atoms with E-state index in [1.165, 1.54) is 12.8 Å². The third-order valence-electron chi connectivity index (χ3n) is 5.43. The predicted molar refractivity (Wildman–Crippen MR) is 93.5 cm³/mol. The van der Waals surface area contributed by atoms with Gasteiger partial charge >= 0.3 is 0 Å². The van der Waals surface area contributed by atoms with Crippen LogP contribution in [0.1, 0.15) is 53.9 Å². The van der Waals surface area contributed by atoms with E-state index in [-0.39, 0.29) is 12.2 Å². The zero-order valence-electron chi connectivity index (χ0n) is 15.7. The molecule has 4 heteroatoms. The quantitative estimate of drug-likeness (QED) is 0.814. The van der Waals surface area contributed by atoms with E-state index < -0.39 is 6.10 Å². The molecule has 1 saturated carbocycles. The maximum Gasteiger partial charge on any atom is 0.0900 e. The summed E-state index contributed by atoms with van der Waals surface area (Å²) in [6.45, 7) is 14.1. The number of aliphatic hydroxyl groups excluding tert-OH is 1. The van der Waals surface area contributed by atoms with E-state index in [1.807, 2.05) is 0 Å². The lowest BCUT2D eigenvalue weighted by Crippen LogP contribution is -2.49. The van der Waals surface area contributed by atoms with Crippen LogP contribution in [0.3, 0.4) is 0 Å². The van der Waals surface area contributed by atoms with Gasteiger partial charge in [-0.05, 0) is 44.4 Å². The summed E-state index contributed by atoms with van der Waals surface area (Å²) in [5.74, 6) is 2.04. The molecule has 6 atom stereocenters. The van der Waals surface area contributed by atoms with Crippen molar-refractivity contribution in [1.29, 1.82) is 0 Å². The average Bonchev–Trinajstić information content (AvgIpc) is 2.43. The summed E-state index contributed by atoms with van der Waals surface area (Å²) in [4.78, 5) is 2.30. The van der Waals surface area contributed by atoms with Crippen LogP contribution in [0.2, 0.25) is 0 Å². The molecule has 136 valence electrons. The summed E-state index contributed by atoms with van der Waals surface area (Å²) in [6.07, 6.45) is 4.12. The molecule has 1 heterocycles. The smallest absolute Gasteiger partial charge is 0.0900 e. The summed E-state index contributed by atoms with van der Waals surface area (Å²) in [5, 5.41) is 10.4. The van der Waals surface area contributed by atoms with Crippen molar-refractivity contribution < 1.29 is 14.6 Å². The summed E-state index contributed by atoms with van der Waals surface area (Å²) < 4.78 is 11.9. The van der Waals surface area contributed by atoms with Crippen LogP contribution >= 0.6 is 0 Å². The van der Waals surface area contributed by atoms with Crippen molar-refractivity contribution in [1.82, 2.24) is 4.90 Å². The molecule has 0 aromatic rings. The number of β-amino-alcohol motifs (C(OH)–C–C–N with tert-alkyl or cyclic N) is 1. The molecule has 4 nitrogen and oxygen atoms in total. The molecule has 1 saturated heterocycles. The number of aliphatic hydroxyl groups is 1. The molecule has 2 fully saturated rings. The van der Waals surface area contributed by atoms with E-state index in [0.717, 1.165) is 25.4 Å². The topological polar surface area (TPSA) is 41.9 Å². The van der Waals surface area contributed by atoms with E-state index in [4.69, 9.17) is 9.47 Å². The molecule has 2 aliphatic rings. The standard InChI is InChI=1S/C19H37NO3/c1-13(2)18-7-6-14(3)8-19(18)22-12-17(21)11-20-9-15(4)23-16(5)10-20/h13-19,21H,6-12H2,1-5H3/t14-,15-,16+,17-,18+,19-/m0/s1. The molecule has 23 heavy (non-hydrogen) atoms. The van der Waals surface area contributed by atoms with Gasteiger partial charge in [0.15, 0.2) is 0 Å². The van der Waals surface area contributed by atoms with Gasteiger partial charge in [-0.1, -0.05) is 27.2 Å². The van der Waals surface area contributed by atoms with E-state index in [9.17, 15) is 5.11 Å². The zero-order valence-corrected chi connectivity index (χ0v) is 15.7. The number of ether oxygens (including phenoxy) is 2. The number of hydrogen-bond acceptors (Lipinski definition) is 4. The third kappa shape index (κ3) is 6.00. The first kappa shape index (κ1) is 19.2. The van der Waals surface area contributed by atoms with E-state index in [0.29, 0.717) is 31.1 Å². The number of rotatable bonds is 6. The minimum Gasteiger partial charge on any atom is -0.389 e. The summed E-state index contributed by atoms with van der Waals surface area (Å²) in [6, 6.07) is 0. The fourth-order valence-corrected chi connectivity index (χ4v) is 4.33. The SMILES string of the molecule is CC(C)[C@H]1CC[C@H](C)C[C@@H]1OC[C@@H](O)CN1C[C@@H](C)O[C@@H](C)C1. The lowest BCUT2D eigenvalue weighted by atomic mass is 9.75. The van der Waals surface area contributed by atoms with Gasteiger partial charge in [0.2, 0.25) is 0 Å². The van der Waals surface area contributed by atoms with Gasteiger partial charge in [0.05, 0.1) is 31.0 Å². The number of hydrogen-bond donors (Lipinski definition) is 1. The van der Waals surface area contributed by atoms with Gasteiger partial charge in [-0.2, -0.15) is 0 Å². The van der Waals surface area contributed by atoms with Gasteiger partial charge < -0.3 is 14.6 Å². The van der Waals surface area contributed by atoms with Crippen molar-refractivity contribution in [3.63, 3.8) is 0 Å². The van der Waals surface area contributed by atoms with Gasteiger partial charge in [0, 0.05) is 19.6 Å². The fraction of sp³-hybridized carbons (Fsp3) is 1.00. The molecule has 0 radical (unpaired) electrons. The Morgan fingerprint density at radius 2 is 1.78 bits per heavy atom. The molecule has 0 spiro atoms. The van der Waals surface area contributed by atoms with Crippen LogP contribution in [0, 0.1) is 17.8 Å². The molecule has 1 aliphatic heterocycles. The zero-order chi connectivity index (χ0) is 17.0. The molecule has 0 aromatic heterocycles. The van der Waals surface area contributed by atoms with Crippen LogP contribution in [0.25, 0.3) is 0 Å². The van der Waals surface area contributed by atoms with Gasteiger partial charge in [0.1, 0.15) is 0 Å². The molecule has 0 amide bonds. The average molecular weight is 328 g/mol. The second kappa shape index (κ2) is 8.80. The van der Waals surface area contributed by atoms with Crippen LogP contribution in [-0.4, -0.2) is 60.7 Å². The van der Waals surface area contributed by atoms with Crippen LogP contribution < -0.4 is 0 Å². The Balaban J connectivity index is 1.77. The van der Waals surface area contributed by atoms with Crippen molar-refractivity contribution >= 4 is 0 Å². The van der Waals surface area contributed by atoms with E-state index in [2.05, 4.69) is 39.5 Å². The number of nitrogens with zero attached hydrogens (tertiary/aromatic N) is 1. The maximum absolute atomic E-state index is 10.4. The Morgan fingerprint density at radius 1 is 1.13 bits per heavy atom. The van der Waals surface area contributed by atoms with Gasteiger partial charge in [-0.3, -0.25) is 4.90 Å². The molecule has 1 N–H and O–H groups in total. The summed E-state index contributed by atoms with van der Waals surface area (Å²) >= 11 is 0. The van der Waals surface area contributed by atoms with Gasteiger partial charge in [0.25, 0.3) is 0 Å². The highest BCUT2D eigenvalue weighted by atomic mass is 16.5. The first-order chi connectivity index (χ1) is 10.8.